The molecule has 1 N–H and O–H groups in total. The Morgan fingerprint density at radius 2 is 2.08 bits per heavy atom. The van der Waals surface area contributed by atoms with Gasteiger partial charge in [-0.2, -0.15) is 0 Å². The summed E-state index contributed by atoms with van der Waals surface area (Å²) in [4.78, 5) is 36.0. The molecule has 3 aromatic rings. The first kappa shape index (κ1) is 17.8. The highest BCUT2D eigenvalue weighted by Crippen LogP contribution is 2.18. The predicted octanol–water partition coefficient (Wildman–Crippen LogP) is 3.07. The lowest BCUT2D eigenvalue weighted by Crippen LogP contribution is -2.31. The molecule has 1 amide bonds. The molecule has 2 heterocycles. The number of benzene rings is 1. The summed E-state index contributed by atoms with van der Waals surface area (Å²) in [7, 11) is 0. The Bertz CT molecular complexity index is 1010. The van der Waals surface area contributed by atoms with E-state index >= 15 is 0 Å². The normalized spacial score (nSPS) is 11.9. The molecule has 0 aliphatic carbocycles. The zero-order valence-electron chi connectivity index (χ0n) is 13.7. The third-order valence-electron chi connectivity index (χ3n) is 3.57. The van der Waals surface area contributed by atoms with Crippen molar-refractivity contribution >= 4 is 34.4 Å². The zero-order chi connectivity index (χ0) is 18.7. The van der Waals surface area contributed by atoms with Gasteiger partial charge < -0.3 is 18.9 Å². The second-order valence-corrected chi connectivity index (χ2v) is 5.93. The minimum Gasteiger partial charge on any atom is -0.467 e. The highest BCUT2D eigenvalue weighted by Gasteiger charge is 2.17. The van der Waals surface area contributed by atoms with Crippen molar-refractivity contribution in [1.82, 2.24) is 5.32 Å². The maximum Gasteiger partial charge on any atom is 0.374 e. The van der Waals surface area contributed by atoms with Gasteiger partial charge in [0.2, 0.25) is 5.76 Å². The molecule has 134 valence electrons. The molecule has 26 heavy (non-hydrogen) atoms. The largest absolute Gasteiger partial charge is 0.467 e. The Morgan fingerprint density at radius 1 is 1.27 bits per heavy atom. The molecule has 3 rings (SSSR count). The molecule has 0 saturated carbocycles. The van der Waals surface area contributed by atoms with E-state index < -0.39 is 23.9 Å². The number of hydrogen-bond acceptors (Lipinski definition) is 6. The molecular formula is C18H14ClNO6. The van der Waals surface area contributed by atoms with Crippen LogP contribution < -0.4 is 10.7 Å². The van der Waals surface area contributed by atoms with E-state index in [1.165, 1.54) is 24.5 Å². The highest BCUT2D eigenvalue weighted by atomic mass is 35.5. The van der Waals surface area contributed by atoms with Crippen LogP contribution in [0.15, 0.2) is 56.3 Å². The third kappa shape index (κ3) is 3.94. The van der Waals surface area contributed by atoms with Crippen LogP contribution in [0.1, 0.15) is 29.3 Å². The molecule has 0 saturated heterocycles. The fourth-order valence-electron chi connectivity index (χ4n) is 2.32. The molecule has 1 aromatic carbocycles. The summed E-state index contributed by atoms with van der Waals surface area (Å²) in [6.45, 7) is 1.21. The standard InChI is InChI=1S/C18H14ClNO6/c1-10(14-3-2-6-24-14)20-17(22)9-25-18(23)16-8-13(21)12-7-11(19)4-5-15(12)26-16/h2-8,10H,9H2,1H3,(H,20,22)/t10-/m1/s1. The average Bonchev–Trinajstić information content (AvgIpc) is 3.15. The van der Waals surface area contributed by atoms with Gasteiger partial charge in [-0.15, -0.1) is 0 Å². The maximum absolute atomic E-state index is 12.1. The monoisotopic (exact) mass is 375 g/mol. The molecule has 0 fully saturated rings. The van der Waals surface area contributed by atoms with E-state index in [0.717, 1.165) is 6.07 Å². The summed E-state index contributed by atoms with van der Waals surface area (Å²) in [5.41, 5.74) is -0.235. The summed E-state index contributed by atoms with van der Waals surface area (Å²) < 4.78 is 15.4. The number of amides is 1. The number of carbonyl (C=O) groups is 2. The van der Waals surface area contributed by atoms with Crippen molar-refractivity contribution in [1.29, 1.82) is 0 Å². The number of halogens is 1. The molecular weight excluding hydrogens is 362 g/mol. The van der Waals surface area contributed by atoms with Crippen LogP contribution in [0, 0.1) is 0 Å². The zero-order valence-corrected chi connectivity index (χ0v) is 14.4. The summed E-state index contributed by atoms with van der Waals surface area (Å²) in [5, 5.41) is 3.25. The smallest absolute Gasteiger partial charge is 0.374 e. The second-order valence-electron chi connectivity index (χ2n) is 5.50. The summed E-state index contributed by atoms with van der Waals surface area (Å²) in [6, 6.07) is 8.50. The molecule has 0 bridgehead atoms. The fourth-order valence-corrected chi connectivity index (χ4v) is 2.50. The Balaban J connectivity index is 1.65. The lowest BCUT2D eigenvalue weighted by molar-refractivity contribution is -0.125. The van der Waals surface area contributed by atoms with Crippen LogP contribution in [0.4, 0.5) is 0 Å². The Morgan fingerprint density at radius 3 is 2.81 bits per heavy atom. The van der Waals surface area contributed by atoms with E-state index in [1.807, 2.05) is 0 Å². The predicted molar refractivity (Wildman–Crippen MR) is 93.0 cm³/mol. The van der Waals surface area contributed by atoms with Gasteiger partial charge in [0.1, 0.15) is 11.3 Å². The Hall–Kier alpha value is -3.06. The Labute approximate surface area is 152 Å². The molecule has 8 heteroatoms. The Kier molecular flexibility index (Phi) is 5.09. The van der Waals surface area contributed by atoms with E-state index in [0.29, 0.717) is 10.8 Å². The number of furan rings is 1. The topological polar surface area (TPSA) is 98.8 Å². The van der Waals surface area contributed by atoms with Crippen LogP contribution in [0.5, 0.6) is 0 Å². The van der Waals surface area contributed by atoms with Gasteiger partial charge in [-0.25, -0.2) is 4.79 Å². The molecule has 7 nitrogen and oxygen atoms in total. The van der Waals surface area contributed by atoms with E-state index in [4.69, 9.17) is 25.2 Å². The average molecular weight is 376 g/mol. The van der Waals surface area contributed by atoms with Crippen LogP contribution in [-0.2, 0) is 9.53 Å². The number of hydrogen-bond donors (Lipinski definition) is 1. The van der Waals surface area contributed by atoms with E-state index in [2.05, 4.69) is 5.32 Å². The number of rotatable bonds is 5. The first-order valence-electron chi connectivity index (χ1n) is 7.67. The van der Waals surface area contributed by atoms with Gasteiger partial charge in [0.05, 0.1) is 17.7 Å². The van der Waals surface area contributed by atoms with E-state index in [1.54, 1.807) is 19.1 Å². The summed E-state index contributed by atoms with van der Waals surface area (Å²) in [6.07, 6.45) is 1.49. The minimum absolute atomic E-state index is 0.199. The van der Waals surface area contributed by atoms with Gasteiger partial charge in [0, 0.05) is 11.1 Å². The van der Waals surface area contributed by atoms with Crippen molar-refractivity contribution in [2.75, 3.05) is 6.61 Å². The molecule has 2 aromatic heterocycles. The van der Waals surface area contributed by atoms with Crippen molar-refractivity contribution < 1.29 is 23.2 Å². The summed E-state index contributed by atoms with van der Waals surface area (Å²) in [5.74, 6) is -1.16. The molecule has 0 radical (unpaired) electrons. The van der Waals surface area contributed by atoms with Gasteiger partial charge in [0.25, 0.3) is 5.91 Å². The SMILES string of the molecule is C[C@@H](NC(=O)COC(=O)c1cc(=O)c2cc(Cl)ccc2o1)c1ccco1. The van der Waals surface area contributed by atoms with Crippen molar-refractivity contribution in [3.63, 3.8) is 0 Å². The fraction of sp³-hybridized carbons (Fsp3) is 0.167. The molecule has 1 atom stereocenters. The van der Waals surface area contributed by atoms with Crippen LogP contribution in [-0.4, -0.2) is 18.5 Å². The number of carbonyl (C=O) groups excluding carboxylic acids is 2. The van der Waals surface area contributed by atoms with Crippen LogP contribution in [0.3, 0.4) is 0 Å². The lowest BCUT2D eigenvalue weighted by atomic mass is 10.2. The minimum atomic E-state index is -0.917. The molecule has 0 aliphatic rings. The second kappa shape index (κ2) is 7.45. The number of esters is 1. The van der Waals surface area contributed by atoms with Crippen molar-refractivity contribution in [2.45, 2.75) is 13.0 Å². The lowest BCUT2D eigenvalue weighted by Gasteiger charge is -2.11. The number of fused-ring (bicyclic) bond motifs is 1. The maximum atomic E-state index is 12.1. The quantitative estimate of drug-likeness (QED) is 0.688. The first-order valence-corrected chi connectivity index (χ1v) is 8.05. The van der Waals surface area contributed by atoms with Crippen LogP contribution in [0.2, 0.25) is 5.02 Å². The molecule has 0 spiro atoms. The van der Waals surface area contributed by atoms with E-state index in [-0.39, 0.29) is 22.8 Å². The highest BCUT2D eigenvalue weighted by molar-refractivity contribution is 6.31. The third-order valence-corrected chi connectivity index (χ3v) is 3.81. The van der Waals surface area contributed by atoms with Crippen LogP contribution in [0.25, 0.3) is 11.0 Å². The van der Waals surface area contributed by atoms with Crippen molar-refractivity contribution in [3.05, 3.63) is 69.4 Å². The molecule has 0 unspecified atom stereocenters. The van der Waals surface area contributed by atoms with Crippen molar-refractivity contribution in [2.24, 2.45) is 0 Å². The van der Waals surface area contributed by atoms with Gasteiger partial charge in [-0.05, 0) is 37.3 Å². The van der Waals surface area contributed by atoms with Crippen molar-refractivity contribution in [3.8, 4) is 0 Å². The van der Waals surface area contributed by atoms with Gasteiger partial charge in [0.15, 0.2) is 12.0 Å². The van der Waals surface area contributed by atoms with Gasteiger partial charge >= 0.3 is 5.97 Å². The van der Waals surface area contributed by atoms with E-state index in [9.17, 15) is 14.4 Å². The summed E-state index contributed by atoms with van der Waals surface area (Å²) >= 11 is 5.83. The number of ether oxygens (including phenoxy) is 1. The molecule has 0 aliphatic heterocycles. The van der Waals surface area contributed by atoms with Gasteiger partial charge in [-0.3, -0.25) is 9.59 Å². The van der Waals surface area contributed by atoms with Crippen LogP contribution >= 0.6 is 11.6 Å². The van der Waals surface area contributed by atoms with Gasteiger partial charge in [-0.1, -0.05) is 11.6 Å². The first-order chi connectivity index (χ1) is 12.4. The number of nitrogens with one attached hydrogen (secondary N) is 1.